The van der Waals surface area contributed by atoms with Gasteiger partial charge >= 0.3 is 0 Å². The summed E-state index contributed by atoms with van der Waals surface area (Å²) < 4.78 is 11.3. The summed E-state index contributed by atoms with van der Waals surface area (Å²) in [6, 6.07) is 4.27. The van der Waals surface area contributed by atoms with Crippen LogP contribution in [-0.4, -0.2) is 18.8 Å². The maximum atomic E-state index is 5.81. The Kier molecular flexibility index (Phi) is 2.74. The van der Waals surface area contributed by atoms with Gasteiger partial charge < -0.3 is 14.8 Å². The number of nitrogens with one attached hydrogen (secondary N) is 1. The van der Waals surface area contributed by atoms with Gasteiger partial charge in [0.1, 0.15) is 17.6 Å². The molecule has 1 aromatic rings. The zero-order chi connectivity index (χ0) is 12.8. The number of fused-ring (bicyclic) bond motifs is 1. The molecule has 3 rings (SSSR count). The molecule has 1 aliphatic carbocycles. The highest BCUT2D eigenvalue weighted by Crippen LogP contribution is 2.37. The van der Waals surface area contributed by atoms with E-state index in [4.69, 9.17) is 9.47 Å². The van der Waals surface area contributed by atoms with Gasteiger partial charge in [-0.15, -0.1) is 0 Å². The second kappa shape index (κ2) is 4.16. The van der Waals surface area contributed by atoms with Crippen molar-refractivity contribution >= 4 is 0 Å². The van der Waals surface area contributed by atoms with Crippen molar-refractivity contribution in [3.05, 3.63) is 23.3 Å². The quantitative estimate of drug-likeness (QED) is 0.887. The second-order valence-electron chi connectivity index (χ2n) is 5.82. The molecule has 1 N–H and O–H groups in total. The molecule has 3 heteroatoms. The van der Waals surface area contributed by atoms with E-state index in [1.807, 2.05) is 0 Å². The van der Waals surface area contributed by atoms with Gasteiger partial charge in [0.2, 0.25) is 0 Å². The minimum atomic E-state index is 0.286. The van der Waals surface area contributed by atoms with Gasteiger partial charge in [0.05, 0.1) is 7.11 Å². The normalized spacial score (nSPS) is 23.4. The molecule has 1 heterocycles. The van der Waals surface area contributed by atoms with Crippen LogP contribution in [0.25, 0.3) is 0 Å². The summed E-state index contributed by atoms with van der Waals surface area (Å²) in [5.41, 5.74) is 2.80. The summed E-state index contributed by atoms with van der Waals surface area (Å²) in [6.07, 6.45) is 3.81. The van der Waals surface area contributed by atoms with Crippen molar-refractivity contribution in [1.82, 2.24) is 5.32 Å². The molecule has 0 aromatic heterocycles. The molecule has 1 fully saturated rings. The summed E-state index contributed by atoms with van der Waals surface area (Å²) in [5.74, 6) is 2.00. The van der Waals surface area contributed by atoms with E-state index in [9.17, 15) is 0 Å². The van der Waals surface area contributed by atoms with Crippen LogP contribution in [0.1, 0.15) is 37.8 Å². The largest absolute Gasteiger partial charge is 0.496 e. The van der Waals surface area contributed by atoms with Crippen LogP contribution in [0.15, 0.2) is 12.1 Å². The molecule has 98 valence electrons. The molecule has 2 aliphatic rings. The topological polar surface area (TPSA) is 30.5 Å². The van der Waals surface area contributed by atoms with Crippen LogP contribution in [0, 0.1) is 0 Å². The van der Waals surface area contributed by atoms with Gasteiger partial charge in [-0.25, -0.2) is 0 Å². The lowest BCUT2D eigenvalue weighted by molar-refractivity contribution is 0.254. The van der Waals surface area contributed by atoms with Crippen LogP contribution < -0.4 is 14.8 Å². The average molecular weight is 247 g/mol. The van der Waals surface area contributed by atoms with Crippen molar-refractivity contribution < 1.29 is 9.47 Å². The molecule has 0 amide bonds. The van der Waals surface area contributed by atoms with E-state index in [0.717, 1.165) is 24.5 Å². The molecule has 1 atom stereocenters. The van der Waals surface area contributed by atoms with Gasteiger partial charge in [-0.3, -0.25) is 0 Å². The van der Waals surface area contributed by atoms with Gasteiger partial charge in [0, 0.05) is 29.6 Å². The molecular formula is C15H21NO2. The number of rotatable bonds is 4. The second-order valence-corrected chi connectivity index (χ2v) is 5.82. The molecule has 1 aliphatic heterocycles. The Morgan fingerprint density at radius 2 is 2.22 bits per heavy atom. The molecule has 0 radical (unpaired) electrons. The van der Waals surface area contributed by atoms with Crippen LogP contribution in [-0.2, 0) is 13.0 Å². The fraction of sp³-hybridized carbons (Fsp3) is 0.600. The van der Waals surface area contributed by atoms with E-state index in [-0.39, 0.29) is 6.10 Å². The van der Waals surface area contributed by atoms with E-state index in [2.05, 4.69) is 31.3 Å². The average Bonchev–Trinajstić information content (AvgIpc) is 2.96. The fourth-order valence-electron chi connectivity index (χ4n) is 2.48. The zero-order valence-electron chi connectivity index (χ0n) is 11.4. The first-order chi connectivity index (χ1) is 8.59. The summed E-state index contributed by atoms with van der Waals surface area (Å²) in [7, 11) is 1.74. The Hall–Kier alpha value is -1.22. The van der Waals surface area contributed by atoms with Crippen LogP contribution in [0.4, 0.5) is 0 Å². The van der Waals surface area contributed by atoms with Gasteiger partial charge in [0.15, 0.2) is 0 Å². The maximum absolute atomic E-state index is 5.81. The van der Waals surface area contributed by atoms with E-state index in [1.165, 1.54) is 24.0 Å². The fourth-order valence-corrected chi connectivity index (χ4v) is 2.48. The third-order valence-corrected chi connectivity index (χ3v) is 4.00. The van der Waals surface area contributed by atoms with Crippen molar-refractivity contribution in [2.24, 2.45) is 0 Å². The predicted molar refractivity (Wildman–Crippen MR) is 71.3 cm³/mol. The Balaban J connectivity index is 1.82. The Morgan fingerprint density at radius 3 is 2.89 bits per heavy atom. The standard InChI is InChI=1S/C15H21NO2/c1-10-6-11-7-13(17-3)12(8-14(11)18-10)9-16-15(2)4-5-15/h7-8,10,16H,4-6,9H2,1-3H3. The molecule has 0 bridgehead atoms. The zero-order valence-corrected chi connectivity index (χ0v) is 11.4. The molecular weight excluding hydrogens is 226 g/mol. The predicted octanol–water partition coefficient (Wildman–Crippen LogP) is 2.66. The van der Waals surface area contributed by atoms with E-state index in [0.29, 0.717) is 5.54 Å². The number of ether oxygens (including phenoxy) is 2. The number of hydrogen-bond acceptors (Lipinski definition) is 3. The minimum Gasteiger partial charge on any atom is -0.496 e. The summed E-state index contributed by atoms with van der Waals surface area (Å²) in [6.45, 7) is 5.23. The number of hydrogen-bond donors (Lipinski definition) is 1. The highest BCUT2D eigenvalue weighted by molar-refractivity contribution is 5.48. The van der Waals surface area contributed by atoms with Crippen molar-refractivity contribution in [2.75, 3.05) is 7.11 Å². The Labute approximate surface area is 108 Å². The smallest absolute Gasteiger partial charge is 0.123 e. The number of methoxy groups -OCH3 is 1. The van der Waals surface area contributed by atoms with Crippen LogP contribution in [0.5, 0.6) is 11.5 Å². The van der Waals surface area contributed by atoms with Gasteiger partial charge in [0.25, 0.3) is 0 Å². The van der Waals surface area contributed by atoms with Crippen molar-refractivity contribution in [3.63, 3.8) is 0 Å². The van der Waals surface area contributed by atoms with Crippen molar-refractivity contribution in [2.45, 2.75) is 51.3 Å². The Bertz CT molecular complexity index is 466. The van der Waals surface area contributed by atoms with E-state index < -0.39 is 0 Å². The molecule has 1 saturated carbocycles. The molecule has 3 nitrogen and oxygen atoms in total. The first kappa shape index (κ1) is 11.8. The highest BCUT2D eigenvalue weighted by atomic mass is 16.5. The van der Waals surface area contributed by atoms with E-state index in [1.54, 1.807) is 7.11 Å². The lowest BCUT2D eigenvalue weighted by atomic mass is 10.1. The lowest BCUT2D eigenvalue weighted by Gasteiger charge is -2.15. The monoisotopic (exact) mass is 247 g/mol. The third-order valence-electron chi connectivity index (χ3n) is 4.00. The highest BCUT2D eigenvalue weighted by Gasteiger charge is 2.36. The third kappa shape index (κ3) is 2.19. The SMILES string of the molecule is COc1cc2c(cc1CNC1(C)CC1)OC(C)C2. The Morgan fingerprint density at radius 1 is 1.44 bits per heavy atom. The number of benzene rings is 1. The summed E-state index contributed by atoms with van der Waals surface area (Å²) in [5, 5.41) is 3.59. The van der Waals surface area contributed by atoms with Gasteiger partial charge in [-0.2, -0.15) is 0 Å². The van der Waals surface area contributed by atoms with E-state index >= 15 is 0 Å². The molecule has 0 saturated heterocycles. The van der Waals surface area contributed by atoms with Gasteiger partial charge in [-0.05, 0) is 38.8 Å². The van der Waals surface area contributed by atoms with Gasteiger partial charge in [-0.1, -0.05) is 0 Å². The molecule has 0 spiro atoms. The van der Waals surface area contributed by atoms with Crippen LogP contribution in [0.2, 0.25) is 0 Å². The molecule has 1 unspecified atom stereocenters. The molecule has 18 heavy (non-hydrogen) atoms. The maximum Gasteiger partial charge on any atom is 0.123 e. The van der Waals surface area contributed by atoms with Crippen LogP contribution in [0.3, 0.4) is 0 Å². The van der Waals surface area contributed by atoms with Crippen molar-refractivity contribution in [3.8, 4) is 11.5 Å². The first-order valence-electron chi connectivity index (χ1n) is 6.71. The van der Waals surface area contributed by atoms with Crippen molar-refractivity contribution in [1.29, 1.82) is 0 Å². The summed E-state index contributed by atoms with van der Waals surface area (Å²) in [4.78, 5) is 0. The lowest BCUT2D eigenvalue weighted by Crippen LogP contribution is -2.27. The first-order valence-corrected chi connectivity index (χ1v) is 6.71. The summed E-state index contributed by atoms with van der Waals surface area (Å²) >= 11 is 0. The minimum absolute atomic E-state index is 0.286. The van der Waals surface area contributed by atoms with Crippen LogP contribution >= 0.6 is 0 Å². The molecule has 1 aromatic carbocycles.